The third-order valence-electron chi connectivity index (χ3n) is 5.29. The summed E-state index contributed by atoms with van der Waals surface area (Å²) >= 11 is 21.8. The quantitative estimate of drug-likeness (QED) is 0.407. The van der Waals surface area contributed by atoms with E-state index in [2.05, 4.69) is 15.6 Å². The number of aromatic hydroxyl groups is 1. The molecule has 0 spiro atoms. The van der Waals surface area contributed by atoms with Crippen molar-refractivity contribution in [2.45, 2.75) is 24.7 Å². The third kappa shape index (κ3) is 3.54. The Bertz CT molecular complexity index is 1040. The first-order valence-corrected chi connectivity index (χ1v) is 10.3. The minimum absolute atomic E-state index is 0.0714. The van der Waals surface area contributed by atoms with E-state index in [1.807, 2.05) is 13.0 Å². The number of benzene rings is 1. The smallest absolute Gasteiger partial charge is 0.146 e. The highest BCUT2D eigenvalue weighted by molar-refractivity contribution is 7.82. The summed E-state index contributed by atoms with van der Waals surface area (Å²) in [5.74, 6) is -0.0714. The van der Waals surface area contributed by atoms with Crippen LogP contribution in [0, 0.1) is 0 Å². The molecule has 1 aromatic heterocycles. The van der Waals surface area contributed by atoms with Gasteiger partial charge in [0.1, 0.15) is 11.3 Å². The Morgan fingerprint density at radius 2 is 1.45 bits per heavy atom. The molecular weight excluding hydrogens is 443 g/mol. The lowest BCUT2D eigenvalue weighted by molar-refractivity contribution is 0.469. The summed E-state index contributed by atoms with van der Waals surface area (Å²) in [4.78, 5) is 5.43. The normalized spacial score (nSPS) is 15.0. The van der Waals surface area contributed by atoms with Crippen LogP contribution in [0.25, 0.3) is 10.9 Å². The minimum Gasteiger partial charge on any atom is -0.505 e. The van der Waals surface area contributed by atoms with E-state index < -0.39 is 10.8 Å². The molecule has 0 aliphatic carbocycles. The van der Waals surface area contributed by atoms with E-state index in [1.165, 1.54) is 0 Å². The van der Waals surface area contributed by atoms with Crippen LogP contribution in [0.15, 0.2) is 24.4 Å². The van der Waals surface area contributed by atoms with Crippen LogP contribution in [0.2, 0.25) is 0 Å². The Morgan fingerprint density at radius 1 is 0.966 bits per heavy atom. The Kier molecular flexibility index (Phi) is 6.73. The van der Waals surface area contributed by atoms with E-state index >= 15 is 0 Å². The van der Waals surface area contributed by atoms with Gasteiger partial charge < -0.3 is 27.2 Å². The van der Waals surface area contributed by atoms with Crippen molar-refractivity contribution in [2.24, 2.45) is 11.5 Å². The number of rotatable bonds is 6. The Morgan fingerprint density at radius 3 is 1.90 bits per heavy atom. The molecule has 2 unspecified atom stereocenters. The number of phenolic OH excluding ortho intramolecular Hbond substituents is 1. The Labute approximate surface area is 191 Å². The zero-order chi connectivity index (χ0) is 22.1. The largest absolute Gasteiger partial charge is 0.505 e. The number of nitrogens with two attached hydrogens (primary N) is 2. The predicted molar refractivity (Wildman–Crippen MR) is 135 cm³/mol. The van der Waals surface area contributed by atoms with Gasteiger partial charge in [0.05, 0.1) is 30.8 Å². The van der Waals surface area contributed by atoms with Crippen LogP contribution in [-0.2, 0) is 10.8 Å². The minimum atomic E-state index is -1.14. The monoisotopic (exact) mass is 465 g/mol. The molecule has 0 amide bonds. The summed E-state index contributed by atoms with van der Waals surface area (Å²) in [6.07, 6.45) is 1.58. The van der Waals surface area contributed by atoms with Gasteiger partial charge in [-0.3, -0.25) is 4.98 Å². The SMILES string of the molecule is CNC(=S)C(C)(C(N)=S)c1cc(C(C)(C(N)=S)C(=S)NC)c2cccnc2c1O. The van der Waals surface area contributed by atoms with Gasteiger partial charge in [0.25, 0.3) is 0 Å². The lowest BCUT2D eigenvalue weighted by Gasteiger charge is -2.35. The van der Waals surface area contributed by atoms with Crippen molar-refractivity contribution in [1.82, 2.24) is 15.6 Å². The number of hydrogen-bond acceptors (Lipinski definition) is 6. The molecule has 6 nitrogen and oxygen atoms in total. The van der Waals surface area contributed by atoms with E-state index in [0.717, 1.165) is 0 Å². The van der Waals surface area contributed by atoms with Crippen LogP contribution in [0.3, 0.4) is 0 Å². The summed E-state index contributed by atoms with van der Waals surface area (Å²) in [5, 5.41) is 17.7. The van der Waals surface area contributed by atoms with Gasteiger partial charge in [0.15, 0.2) is 0 Å². The lowest BCUT2D eigenvalue weighted by Crippen LogP contribution is -2.50. The molecule has 29 heavy (non-hydrogen) atoms. The van der Waals surface area contributed by atoms with Crippen LogP contribution in [0.1, 0.15) is 25.0 Å². The molecule has 1 heterocycles. The number of thiocarbonyl (C=S) groups is 4. The maximum Gasteiger partial charge on any atom is 0.146 e. The number of aromatic nitrogens is 1. The highest BCUT2D eigenvalue weighted by Gasteiger charge is 2.42. The maximum absolute atomic E-state index is 11.1. The van der Waals surface area contributed by atoms with Crippen molar-refractivity contribution < 1.29 is 5.11 Å². The van der Waals surface area contributed by atoms with Crippen LogP contribution in [-0.4, -0.2) is 44.1 Å². The number of fused-ring (bicyclic) bond motifs is 1. The van der Waals surface area contributed by atoms with Crippen molar-refractivity contribution in [3.05, 3.63) is 35.5 Å². The first-order valence-electron chi connectivity index (χ1n) is 8.63. The van der Waals surface area contributed by atoms with Crippen LogP contribution in [0.5, 0.6) is 5.75 Å². The average Bonchev–Trinajstić information content (AvgIpc) is 2.71. The fourth-order valence-corrected chi connectivity index (χ4v) is 4.25. The zero-order valence-corrected chi connectivity index (χ0v) is 19.8. The van der Waals surface area contributed by atoms with Crippen molar-refractivity contribution >= 4 is 79.7 Å². The molecule has 10 heteroatoms. The summed E-state index contributed by atoms with van der Waals surface area (Å²) < 4.78 is 0. The van der Waals surface area contributed by atoms with Crippen molar-refractivity contribution in [3.8, 4) is 5.75 Å². The summed E-state index contributed by atoms with van der Waals surface area (Å²) in [7, 11) is 3.38. The van der Waals surface area contributed by atoms with Crippen LogP contribution in [0.4, 0.5) is 0 Å². The molecule has 2 atom stereocenters. The molecular formula is C19H23N5OS4. The van der Waals surface area contributed by atoms with Gasteiger partial charge >= 0.3 is 0 Å². The van der Waals surface area contributed by atoms with E-state index in [-0.39, 0.29) is 15.7 Å². The van der Waals surface area contributed by atoms with Crippen molar-refractivity contribution in [2.75, 3.05) is 14.1 Å². The topological polar surface area (TPSA) is 109 Å². The molecule has 2 rings (SSSR count). The molecule has 0 saturated heterocycles. The molecule has 0 radical (unpaired) electrons. The highest BCUT2D eigenvalue weighted by atomic mass is 32.1. The molecule has 0 aliphatic rings. The van der Waals surface area contributed by atoms with Gasteiger partial charge in [-0.25, -0.2) is 0 Å². The first-order chi connectivity index (χ1) is 13.5. The number of phenols is 1. The van der Waals surface area contributed by atoms with Crippen LogP contribution < -0.4 is 22.1 Å². The Hall–Kier alpha value is -2.01. The van der Waals surface area contributed by atoms with Gasteiger partial charge in [-0.05, 0) is 31.5 Å². The average molecular weight is 466 g/mol. The second-order valence-electron chi connectivity index (χ2n) is 6.86. The second kappa shape index (κ2) is 8.39. The van der Waals surface area contributed by atoms with Crippen molar-refractivity contribution in [3.63, 3.8) is 0 Å². The first kappa shape index (κ1) is 23.3. The summed E-state index contributed by atoms with van der Waals surface area (Å²) in [6, 6.07) is 5.34. The van der Waals surface area contributed by atoms with E-state index in [0.29, 0.717) is 32.0 Å². The molecule has 0 saturated carbocycles. The second-order valence-corrected chi connectivity index (χ2v) is 8.55. The highest BCUT2D eigenvalue weighted by Crippen LogP contribution is 2.42. The number of likely N-dealkylation sites (N-methyl/N-ethyl adjacent to an activating group) is 2. The zero-order valence-electron chi connectivity index (χ0n) is 16.5. The molecule has 0 aliphatic heterocycles. The summed E-state index contributed by atoms with van der Waals surface area (Å²) in [6.45, 7) is 3.57. The van der Waals surface area contributed by atoms with E-state index in [1.54, 1.807) is 39.3 Å². The van der Waals surface area contributed by atoms with E-state index in [4.69, 9.17) is 60.3 Å². The fourth-order valence-electron chi connectivity index (χ4n) is 3.26. The van der Waals surface area contributed by atoms with Gasteiger partial charge in [-0.2, -0.15) is 0 Å². The molecule has 2 aromatic rings. The van der Waals surface area contributed by atoms with E-state index in [9.17, 15) is 5.11 Å². The Balaban J connectivity index is 3.09. The molecule has 0 fully saturated rings. The van der Waals surface area contributed by atoms with Crippen molar-refractivity contribution in [1.29, 1.82) is 0 Å². The molecule has 1 aromatic carbocycles. The molecule has 7 N–H and O–H groups in total. The van der Waals surface area contributed by atoms with Gasteiger partial charge in [0.2, 0.25) is 0 Å². The number of pyridine rings is 1. The lowest BCUT2D eigenvalue weighted by atomic mass is 9.74. The predicted octanol–water partition coefficient (Wildman–Crippen LogP) is 2.12. The molecule has 0 bridgehead atoms. The van der Waals surface area contributed by atoms with Gasteiger partial charge in [-0.1, -0.05) is 54.9 Å². The van der Waals surface area contributed by atoms with Gasteiger partial charge in [0, 0.05) is 31.2 Å². The standard InChI is InChI=1S/C19H23N5OS4/c1-18(14(20)26,16(28)22-3)10-8-11(19(2,15(21)27)17(29)23-4)13(25)12-9(10)6-5-7-24-12/h5-8,25H,1-4H3,(H2,20,26)(H2,21,27)(H,22,28)(H,23,29). The molecule has 154 valence electrons. The van der Waals surface area contributed by atoms with Gasteiger partial charge in [-0.15, -0.1) is 0 Å². The maximum atomic E-state index is 11.1. The summed E-state index contributed by atoms with van der Waals surface area (Å²) in [5.41, 5.74) is 11.5. The third-order valence-corrected chi connectivity index (χ3v) is 7.33. The van der Waals surface area contributed by atoms with Crippen LogP contribution >= 0.6 is 48.9 Å². The fraction of sp³-hybridized carbons (Fsp3) is 0.316. The number of nitrogens with zero attached hydrogens (tertiary/aromatic N) is 1. The number of nitrogens with one attached hydrogen (secondary N) is 2. The number of hydrogen-bond donors (Lipinski definition) is 5.